The minimum Gasteiger partial charge on any atom is -0.327 e. The van der Waals surface area contributed by atoms with Crippen molar-refractivity contribution in [3.05, 3.63) is 20.3 Å². The molecule has 1 aromatic heterocycles. The maximum Gasteiger partial charge on any atom is 0.112 e. The Morgan fingerprint density at radius 3 is 2.93 bits per heavy atom. The van der Waals surface area contributed by atoms with E-state index in [9.17, 15) is 0 Å². The van der Waals surface area contributed by atoms with Gasteiger partial charge in [-0.3, -0.25) is 4.90 Å². The van der Waals surface area contributed by atoms with E-state index in [0.29, 0.717) is 15.4 Å². The number of halogens is 2. The number of thiophene rings is 1. The summed E-state index contributed by atoms with van der Waals surface area (Å²) in [6.45, 7) is 2.94. The number of piperidine rings is 1. The van der Waals surface area contributed by atoms with E-state index in [1.165, 1.54) is 17.8 Å². The smallest absolute Gasteiger partial charge is 0.112 e. The number of likely N-dealkylation sites (tertiary alicyclic amines) is 1. The van der Waals surface area contributed by atoms with E-state index in [0.717, 1.165) is 31.6 Å². The number of nitrogens with two attached hydrogens (primary N) is 1. The van der Waals surface area contributed by atoms with E-state index in [1.807, 2.05) is 5.38 Å². The fraction of sp³-hybridized carbons (Fsp3) is 0.600. The topological polar surface area (TPSA) is 29.3 Å². The first-order chi connectivity index (χ1) is 7.16. The van der Waals surface area contributed by atoms with E-state index in [1.54, 1.807) is 0 Å². The van der Waals surface area contributed by atoms with Gasteiger partial charge in [0.05, 0.1) is 5.02 Å². The predicted octanol–water partition coefficient (Wildman–Crippen LogP) is 2.98. The van der Waals surface area contributed by atoms with Crippen LogP contribution >= 0.6 is 34.5 Å². The summed E-state index contributed by atoms with van der Waals surface area (Å²) in [5.74, 6) is 0. The van der Waals surface area contributed by atoms with Gasteiger partial charge in [-0.05, 0) is 30.3 Å². The number of hydrogen-bond donors (Lipinski definition) is 1. The molecule has 1 fully saturated rings. The summed E-state index contributed by atoms with van der Waals surface area (Å²) in [6.07, 6.45) is 2.31. The van der Waals surface area contributed by atoms with Crippen molar-refractivity contribution >= 4 is 34.5 Å². The fourth-order valence-electron chi connectivity index (χ4n) is 1.94. The van der Waals surface area contributed by atoms with Crippen molar-refractivity contribution in [3.63, 3.8) is 0 Å². The van der Waals surface area contributed by atoms with Gasteiger partial charge >= 0.3 is 0 Å². The van der Waals surface area contributed by atoms with Gasteiger partial charge in [-0.1, -0.05) is 23.2 Å². The summed E-state index contributed by atoms with van der Waals surface area (Å²) < 4.78 is 0.688. The van der Waals surface area contributed by atoms with Gasteiger partial charge in [0, 0.05) is 19.1 Å². The average Bonchev–Trinajstić information content (AvgIpc) is 2.50. The Morgan fingerprint density at radius 1 is 1.53 bits per heavy atom. The Labute approximate surface area is 104 Å². The van der Waals surface area contributed by atoms with Gasteiger partial charge in [-0.15, -0.1) is 11.3 Å². The highest BCUT2D eigenvalue weighted by molar-refractivity contribution is 7.15. The molecule has 0 spiro atoms. The molecule has 0 unspecified atom stereocenters. The molecule has 2 N–H and O–H groups in total. The van der Waals surface area contributed by atoms with Gasteiger partial charge in [-0.25, -0.2) is 0 Å². The van der Waals surface area contributed by atoms with Crippen LogP contribution in [0.15, 0.2) is 5.38 Å². The summed E-state index contributed by atoms with van der Waals surface area (Å²) in [4.78, 5) is 2.35. The standard InChI is InChI=1S/C10H14Cl2N2S/c11-9-7(6-15-10(9)12)4-14-3-1-2-8(13)5-14/h6,8H,1-5,13H2/t8-/m1/s1. The van der Waals surface area contributed by atoms with Crippen molar-refractivity contribution in [2.75, 3.05) is 13.1 Å². The van der Waals surface area contributed by atoms with Crippen molar-refractivity contribution in [1.29, 1.82) is 0 Å². The lowest BCUT2D eigenvalue weighted by Gasteiger charge is -2.30. The third kappa shape index (κ3) is 2.86. The van der Waals surface area contributed by atoms with Gasteiger partial charge in [-0.2, -0.15) is 0 Å². The zero-order chi connectivity index (χ0) is 10.8. The molecule has 1 aromatic rings. The van der Waals surface area contributed by atoms with Crippen LogP contribution in [-0.2, 0) is 6.54 Å². The largest absolute Gasteiger partial charge is 0.327 e. The second kappa shape index (κ2) is 5.02. The first kappa shape index (κ1) is 11.7. The lowest BCUT2D eigenvalue weighted by molar-refractivity contribution is 0.202. The Morgan fingerprint density at radius 2 is 2.33 bits per heavy atom. The van der Waals surface area contributed by atoms with Crippen LogP contribution in [0.4, 0.5) is 0 Å². The summed E-state index contributed by atoms with van der Waals surface area (Å²) >= 11 is 13.5. The molecule has 84 valence electrons. The molecule has 0 aromatic carbocycles. The molecule has 0 saturated carbocycles. The summed E-state index contributed by atoms with van der Waals surface area (Å²) in [6, 6.07) is 0.312. The van der Waals surface area contributed by atoms with Crippen LogP contribution in [0.3, 0.4) is 0 Å². The normalized spacial score (nSPS) is 23.3. The molecule has 0 radical (unpaired) electrons. The van der Waals surface area contributed by atoms with Gasteiger partial charge in [0.15, 0.2) is 0 Å². The number of hydrogen-bond acceptors (Lipinski definition) is 3. The molecular formula is C10H14Cl2N2S. The van der Waals surface area contributed by atoms with Gasteiger partial charge < -0.3 is 5.73 Å². The third-order valence-electron chi connectivity index (χ3n) is 2.70. The first-order valence-electron chi connectivity index (χ1n) is 5.06. The van der Waals surface area contributed by atoms with Crippen LogP contribution in [0.2, 0.25) is 9.36 Å². The molecule has 5 heteroatoms. The van der Waals surface area contributed by atoms with Crippen molar-refractivity contribution in [1.82, 2.24) is 4.90 Å². The maximum absolute atomic E-state index is 6.08. The molecule has 1 saturated heterocycles. The molecule has 0 bridgehead atoms. The molecule has 1 aliphatic rings. The minimum absolute atomic E-state index is 0.312. The van der Waals surface area contributed by atoms with Crippen molar-refractivity contribution in [3.8, 4) is 0 Å². The van der Waals surface area contributed by atoms with Crippen molar-refractivity contribution in [2.45, 2.75) is 25.4 Å². The van der Waals surface area contributed by atoms with E-state index >= 15 is 0 Å². The number of rotatable bonds is 2. The SMILES string of the molecule is N[C@@H]1CCCN(Cc2csc(Cl)c2Cl)C1. The fourth-order valence-corrected chi connectivity index (χ4v) is 3.18. The summed E-state index contributed by atoms with van der Waals surface area (Å²) in [5, 5.41) is 2.74. The first-order valence-corrected chi connectivity index (χ1v) is 6.69. The molecule has 1 aliphatic heterocycles. The van der Waals surface area contributed by atoms with E-state index in [4.69, 9.17) is 28.9 Å². The molecule has 0 amide bonds. The highest BCUT2D eigenvalue weighted by Crippen LogP contribution is 2.33. The summed E-state index contributed by atoms with van der Waals surface area (Å²) in [5.41, 5.74) is 7.05. The molecule has 2 heterocycles. The van der Waals surface area contributed by atoms with Crippen LogP contribution in [-0.4, -0.2) is 24.0 Å². The van der Waals surface area contributed by atoms with Crippen molar-refractivity contribution in [2.24, 2.45) is 5.73 Å². The van der Waals surface area contributed by atoms with Gasteiger partial charge in [0.25, 0.3) is 0 Å². The van der Waals surface area contributed by atoms with E-state index < -0.39 is 0 Å². The third-order valence-corrected chi connectivity index (χ3v) is 4.61. The predicted molar refractivity (Wildman–Crippen MR) is 66.8 cm³/mol. The molecule has 2 rings (SSSR count). The Kier molecular flexibility index (Phi) is 3.91. The zero-order valence-corrected chi connectivity index (χ0v) is 10.7. The van der Waals surface area contributed by atoms with Crippen LogP contribution in [0.25, 0.3) is 0 Å². The van der Waals surface area contributed by atoms with Crippen LogP contribution in [0, 0.1) is 0 Å². The lowest BCUT2D eigenvalue weighted by atomic mass is 10.1. The Balaban J connectivity index is 1.99. The molecule has 0 aliphatic carbocycles. The molecule has 2 nitrogen and oxygen atoms in total. The van der Waals surface area contributed by atoms with Crippen LogP contribution in [0.1, 0.15) is 18.4 Å². The van der Waals surface area contributed by atoms with Crippen LogP contribution < -0.4 is 5.73 Å². The summed E-state index contributed by atoms with van der Waals surface area (Å²) in [7, 11) is 0. The molecule has 15 heavy (non-hydrogen) atoms. The van der Waals surface area contributed by atoms with E-state index in [-0.39, 0.29) is 0 Å². The molecular weight excluding hydrogens is 251 g/mol. The Bertz CT molecular complexity index is 340. The monoisotopic (exact) mass is 264 g/mol. The van der Waals surface area contributed by atoms with Crippen LogP contribution in [0.5, 0.6) is 0 Å². The van der Waals surface area contributed by atoms with Crippen molar-refractivity contribution < 1.29 is 0 Å². The van der Waals surface area contributed by atoms with E-state index in [2.05, 4.69) is 4.90 Å². The second-order valence-electron chi connectivity index (χ2n) is 3.99. The number of nitrogens with zero attached hydrogens (tertiary/aromatic N) is 1. The minimum atomic E-state index is 0.312. The maximum atomic E-state index is 6.08. The average molecular weight is 265 g/mol. The quantitative estimate of drug-likeness (QED) is 0.890. The van der Waals surface area contributed by atoms with Gasteiger partial charge in [0.2, 0.25) is 0 Å². The molecule has 1 atom stereocenters. The Hall–Kier alpha value is 0.200. The zero-order valence-electron chi connectivity index (χ0n) is 8.38. The van der Waals surface area contributed by atoms with Gasteiger partial charge in [0.1, 0.15) is 4.34 Å². The highest BCUT2D eigenvalue weighted by Gasteiger charge is 2.18. The highest BCUT2D eigenvalue weighted by atomic mass is 35.5. The lowest BCUT2D eigenvalue weighted by Crippen LogP contribution is -2.42. The second-order valence-corrected chi connectivity index (χ2v) is 5.85.